The zero-order chi connectivity index (χ0) is 12.5. The van der Waals surface area contributed by atoms with Gasteiger partial charge in [-0.05, 0) is 0 Å². The number of aldehydes is 1. The van der Waals surface area contributed by atoms with Crippen molar-refractivity contribution >= 4 is 6.29 Å². The Morgan fingerprint density at radius 1 is 1.13 bits per heavy atom. The summed E-state index contributed by atoms with van der Waals surface area (Å²) in [5, 5.41) is 21.3. The van der Waals surface area contributed by atoms with E-state index in [1.165, 1.54) is 6.92 Å². The summed E-state index contributed by atoms with van der Waals surface area (Å²) in [5.41, 5.74) is 0.729. The molecule has 0 saturated carbocycles. The van der Waals surface area contributed by atoms with E-state index in [4.69, 9.17) is 15.5 Å². The third kappa shape index (κ3) is 18.9. The molecule has 4 nitrogen and oxygen atoms in total. The molecule has 0 saturated heterocycles. The van der Waals surface area contributed by atoms with E-state index in [0.717, 1.165) is 26.1 Å². The fourth-order valence-electron chi connectivity index (χ4n) is 0.532. The fourth-order valence-corrected chi connectivity index (χ4v) is 0.532. The lowest BCUT2D eigenvalue weighted by Gasteiger charge is -1.81. The van der Waals surface area contributed by atoms with Crippen molar-refractivity contribution in [2.24, 2.45) is 0 Å². The molecule has 1 aromatic carbocycles. The summed E-state index contributed by atoms with van der Waals surface area (Å²) >= 11 is 0. The molecule has 0 aliphatic rings. The quantitative estimate of drug-likeness (QED) is 0.685. The molecule has 15 heavy (non-hydrogen) atoms. The SMILES string of the molecule is CC#N.CO.CO.O=Cc1ccccc1. The van der Waals surface area contributed by atoms with Crippen LogP contribution in [0, 0.1) is 11.3 Å². The highest BCUT2D eigenvalue weighted by molar-refractivity contribution is 5.74. The van der Waals surface area contributed by atoms with Crippen molar-refractivity contribution in [1.82, 2.24) is 0 Å². The van der Waals surface area contributed by atoms with E-state index in [1.807, 2.05) is 18.2 Å². The van der Waals surface area contributed by atoms with Gasteiger partial charge in [-0.15, -0.1) is 0 Å². The number of nitriles is 1. The summed E-state index contributed by atoms with van der Waals surface area (Å²) in [6.45, 7) is 1.43. The topological polar surface area (TPSA) is 81.3 Å². The van der Waals surface area contributed by atoms with Crippen LogP contribution in [-0.2, 0) is 0 Å². The molecule has 0 atom stereocenters. The molecule has 0 aromatic heterocycles. The average Bonchev–Trinajstić information content (AvgIpc) is 2.36. The van der Waals surface area contributed by atoms with Gasteiger partial charge in [0.25, 0.3) is 0 Å². The minimum absolute atomic E-state index is 0.729. The molecule has 0 heterocycles. The van der Waals surface area contributed by atoms with Gasteiger partial charge in [0.15, 0.2) is 0 Å². The van der Waals surface area contributed by atoms with Gasteiger partial charge in [0, 0.05) is 26.7 Å². The predicted molar refractivity (Wildman–Crippen MR) is 59.4 cm³/mol. The molecular weight excluding hydrogens is 194 g/mol. The number of carbonyl (C=O) groups excluding carboxylic acids is 1. The number of benzene rings is 1. The van der Waals surface area contributed by atoms with E-state index < -0.39 is 0 Å². The molecule has 0 spiro atoms. The molecular formula is C11H17NO3. The molecule has 1 rings (SSSR count). The van der Waals surface area contributed by atoms with Gasteiger partial charge in [-0.1, -0.05) is 30.3 Å². The van der Waals surface area contributed by atoms with Crippen LogP contribution in [0.4, 0.5) is 0 Å². The van der Waals surface area contributed by atoms with Crippen molar-refractivity contribution in [1.29, 1.82) is 5.26 Å². The highest BCUT2D eigenvalue weighted by atomic mass is 16.2. The summed E-state index contributed by atoms with van der Waals surface area (Å²) < 4.78 is 0. The van der Waals surface area contributed by atoms with E-state index in [2.05, 4.69) is 0 Å². The number of hydrogen-bond acceptors (Lipinski definition) is 4. The standard InChI is InChI=1S/C7H6O.C2H3N.2CH4O/c8-6-7-4-2-1-3-5-7;1-2-3;2*1-2/h1-6H;1H3;2*2H,1H3. The van der Waals surface area contributed by atoms with Crippen molar-refractivity contribution in [2.45, 2.75) is 6.92 Å². The lowest BCUT2D eigenvalue weighted by atomic mass is 10.2. The molecule has 84 valence electrons. The number of carbonyl (C=O) groups is 1. The molecule has 2 N–H and O–H groups in total. The Kier molecular flexibility index (Phi) is 28.8. The van der Waals surface area contributed by atoms with E-state index in [9.17, 15) is 4.79 Å². The third-order valence-electron chi connectivity index (χ3n) is 0.936. The van der Waals surface area contributed by atoms with Crippen LogP contribution in [0.25, 0.3) is 0 Å². The Morgan fingerprint density at radius 3 is 1.67 bits per heavy atom. The van der Waals surface area contributed by atoms with Crippen LogP contribution in [-0.4, -0.2) is 30.7 Å². The summed E-state index contributed by atoms with van der Waals surface area (Å²) in [7, 11) is 2.00. The normalized spacial score (nSPS) is 5.87. The molecule has 0 bridgehead atoms. The molecule has 0 amide bonds. The predicted octanol–water partition coefficient (Wildman–Crippen LogP) is 1.25. The van der Waals surface area contributed by atoms with Crippen molar-refractivity contribution in [3.05, 3.63) is 35.9 Å². The molecule has 0 fully saturated rings. The first-order valence-corrected chi connectivity index (χ1v) is 4.05. The van der Waals surface area contributed by atoms with Crippen molar-refractivity contribution in [2.75, 3.05) is 14.2 Å². The van der Waals surface area contributed by atoms with Crippen LogP contribution < -0.4 is 0 Å². The van der Waals surface area contributed by atoms with E-state index >= 15 is 0 Å². The monoisotopic (exact) mass is 211 g/mol. The Bertz CT molecular complexity index is 242. The molecule has 0 unspecified atom stereocenters. The molecule has 0 radical (unpaired) electrons. The number of aliphatic hydroxyl groups excluding tert-OH is 2. The summed E-state index contributed by atoms with van der Waals surface area (Å²) in [5.74, 6) is 0. The summed E-state index contributed by atoms with van der Waals surface area (Å²) in [6, 6.07) is 10.8. The lowest BCUT2D eigenvalue weighted by Crippen LogP contribution is -1.73. The van der Waals surface area contributed by atoms with Crippen LogP contribution in [0.5, 0.6) is 0 Å². The van der Waals surface area contributed by atoms with Gasteiger partial charge < -0.3 is 10.2 Å². The maximum absolute atomic E-state index is 10.0. The van der Waals surface area contributed by atoms with Gasteiger partial charge >= 0.3 is 0 Å². The minimum Gasteiger partial charge on any atom is -0.400 e. The molecule has 0 aliphatic carbocycles. The summed E-state index contributed by atoms with van der Waals surface area (Å²) in [6.07, 6.45) is 0.833. The number of rotatable bonds is 1. The number of hydrogen-bond donors (Lipinski definition) is 2. The molecule has 1 aromatic rings. The van der Waals surface area contributed by atoms with Crippen molar-refractivity contribution in [3.8, 4) is 6.07 Å². The second-order valence-corrected chi connectivity index (χ2v) is 1.75. The van der Waals surface area contributed by atoms with Gasteiger partial charge in [-0.25, -0.2) is 0 Å². The molecule has 0 aliphatic heterocycles. The Hall–Kier alpha value is -1.70. The van der Waals surface area contributed by atoms with Gasteiger partial charge in [0.2, 0.25) is 0 Å². The van der Waals surface area contributed by atoms with Gasteiger partial charge in [-0.2, -0.15) is 5.26 Å². The second kappa shape index (κ2) is 22.8. The average molecular weight is 211 g/mol. The van der Waals surface area contributed by atoms with Crippen LogP contribution in [0.1, 0.15) is 17.3 Å². The first-order chi connectivity index (χ1) is 7.35. The Labute approximate surface area is 90.4 Å². The third-order valence-corrected chi connectivity index (χ3v) is 0.936. The smallest absolute Gasteiger partial charge is 0.150 e. The zero-order valence-corrected chi connectivity index (χ0v) is 9.21. The van der Waals surface area contributed by atoms with Gasteiger partial charge in [0.1, 0.15) is 6.29 Å². The van der Waals surface area contributed by atoms with Gasteiger partial charge in [0.05, 0.1) is 6.07 Å². The largest absolute Gasteiger partial charge is 0.400 e. The van der Waals surface area contributed by atoms with E-state index in [-0.39, 0.29) is 0 Å². The van der Waals surface area contributed by atoms with Gasteiger partial charge in [-0.3, -0.25) is 4.79 Å². The van der Waals surface area contributed by atoms with Crippen LogP contribution in [0.2, 0.25) is 0 Å². The molecule has 4 heteroatoms. The second-order valence-electron chi connectivity index (χ2n) is 1.75. The number of aliphatic hydroxyl groups is 2. The minimum atomic E-state index is 0.729. The van der Waals surface area contributed by atoms with Crippen LogP contribution >= 0.6 is 0 Å². The van der Waals surface area contributed by atoms with Crippen LogP contribution in [0.15, 0.2) is 30.3 Å². The first-order valence-electron chi connectivity index (χ1n) is 4.05. The van der Waals surface area contributed by atoms with Crippen molar-refractivity contribution < 1.29 is 15.0 Å². The maximum Gasteiger partial charge on any atom is 0.150 e. The summed E-state index contributed by atoms with van der Waals surface area (Å²) in [4.78, 5) is 10.0. The van der Waals surface area contributed by atoms with E-state index in [1.54, 1.807) is 18.2 Å². The van der Waals surface area contributed by atoms with Crippen molar-refractivity contribution in [3.63, 3.8) is 0 Å². The first kappa shape index (κ1) is 19.0. The Morgan fingerprint density at radius 2 is 1.47 bits per heavy atom. The lowest BCUT2D eigenvalue weighted by molar-refractivity contribution is 0.112. The fraction of sp³-hybridized carbons (Fsp3) is 0.273. The highest BCUT2D eigenvalue weighted by Gasteiger charge is 1.79. The maximum atomic E-state index is 10.0. The highest BCUT2D eigenvalue weighted by Crippen LogP contribution is 1.91. The van der Waals surface area contributed by atoms with E-state index in [0.29, 0.717) is 0 Å². The van der Waals surface area contributed by atoms with Crippen LogP contribution in [0.3, 0.4) is 0 Å². The Balaban J connectivity index is -0.000000176. The number of nitrogens with zero attached hydrogens (tertiary/aromatic N) is 1. The zero-order valence-electron chi connectivity index (χ0n) is 9.21.